The smallest absolute Gasteiger partial charge is 0.410 e. The fourth-order valence-corrected chi connectivity index (χ4v) is 6.26. The van der Waals surface area contributed by atoms with Gasteiger partial charge in [-0.25, -0.2) is 14.8 Å². The summed E-state index contributed by atoms with van der Waals surface area (Å²) in [5.74, 6) is 2.31. The number of aryl methyl sites for hydroxylation is 1. The van der Waals surface area contributed by atoms with Crippen LogP contribution in [0.2, 0.25) is 0 Å². The molecule has 0 radical (unpaired) electrons. The second kappa shape index (κ2) is 7.69. The topological polar surface area (TPSA) is 58.6 Å². The zero-order valence-corrected chi connectivity index (χ0v) is 20.9. The average Bonchev–Trinajstić information content (AvgIpc) is 3.52. The summed E-state index contributed by atoms with van der Waals surface area (Å²) >= 11 is 0. The molecule has 2 fully saturated rings. The monoisotopic (exact) mass is 460 g/mol. The fraction of sp³-hybridized carbons (Fsp3) is 0.607. The van der Waals surface area contributed by atoms with Gasteiger partial charge < -0.3 is 14.5 Å². The van der Waals surface area contributed by atoms with E-state index in [0.29, 0.717) is 5.92 Å². The Morgan fingerprint density at radius 3 is 2.59 bits per heavy atom. The standard InChI is InChI=1S/C28H36N4O2/c1-18-5-9-22-24(18)25(30-17-29-22)32-16-28(21-15-20(19-6-7-19)8-10-23(21)32)11-13-31(14-12-28)26(33)34-27(2,3)4/h8,10,15,17-19H,5-7,9,11-14,16H2,1-4H3/t18-/m1/s1. The van der Waals surface area contributed by atoms with Gasteiger partial charge in [-0.2, -0.15) is 0 Å². The van der Waals surface area contributed by atoms with E-state index in [1.807, 2.05) is 25.7 Å². The summed E-state index contributed by atoms with van der Waals surface area (Å²) in [7, 11) is 0. The SMILES string of the molecule is C[C@@H]1CCc2ncnc(N3CC4(CCN(C(=O)OC(C)(C)C)CC4)c4cc(C5CC5)ccc43)c21. The van der Waals surface area contributed by atoms with Gasteiger partial charge in [-0.3, -0.25) is 0 Å². The maximum absolute atomic E-state index is 12.7. The molecule has 6 nitrogen and oxygen atoms in total. The number of anilines is 2. The zero-order chi connectivity index (χ0) is 23.7. The molecule has 6 rings (SSSR count). The molecule has 1 aromatic carbocycles. The van der Waals surface area contributed by atoms with E-state index in [4.69, 9.17) is 9.72 Å². The summed E-state index contributed by atoms with van der Waals surface area (Å²) in [6.45, 7) is 10.5. The first-order valence-electron chi connectivity index (χ1n) is 13.0. The summed E-state index contributed by atoms with van der Waals surface area (Å²) in [6, 6.07) is 7.16. The number of fused-ring (bicyclic) bond motifs is 3. The number of hydrogen-bond donors (Lipinski definition) is 0. The lowest BCUT2D eigenvalue weighted by atomic mass is 9.74. The van der Waals surface area contributed by atoms with E-state index in [1.165, 1.54) is 40.9 Å². The predicted molar refractivity (Wildman–Crippen MR) is 133 cm³/mol. The summed E-state index contributed by atoms with van der Waals surface area (Å²) in [5, 5.41) is 0. The molecular formula is C28H36N4O2. The van der Waals surface area contributed by atoms with E-state index in [9.17, 15) is 4.79 Å². The predicted octanol–water partition coefficient (Wildman–Crippen LogP) is 5.82. The van der Waals surface area contributed by atoms with Crippen LogP contribution in [0.25, 0.3) is 0 Å². The minimum atomic E-state index is -0.466. The zero-order valence-electron chi connectivity index (χ0n) is 20.9. The number of benzene rings is 1. The van der Waals surface area contributed by atoms with Crippen LogP contribution in [0.4, 0.5) is 16.3 Å². The van der Waals surface area contributed by atoms with E-state index in [0.717, 1.165) is 57.1 Å². The molecule has 34 heavy (non-hydrogen) atoms. The van der Waals surface area contributed by atoms with Crippen molar-refractivity contribution < 1.29 is 9.53 Å². The molecule has 6 heteroatoms. The third-order valence-electron chi connectivity index (χ3n) is 8.27. The Bertz CT molecular complexity index is 1130. The van der Waals surface area contributed by atoms with Crippen LogP contribution in [0, 0.1) is 0 Å². The highest BCUT2D eigenvalue weighted by Crippen LogP contribution is 2.53. The van der Waals surface area contributed by atoms with Crippen molar-refractivity contribution >= 4 is 17.6 Å². The molecule has 0 unspecified atom stereocenters. The van der Waals surface area contributed by atoms with Crippen molar-refractivity contribution in [2.45, 2.75) is 89.1 Å². The number of amides is 1. The van der Waals surface area contributed by atoms with Crippen LogP contribution in [0.3, 0.4) is 0 Å². The number of aromatic nitrogens is 2. The maximum atomic E-state index is 12.7. The van der Waals surface area contributed by atoms with Gasteiger partial charge in [-0.15, -0.1) is 0 Å². The number of ether oxygens (including phenoxy) is 1. The van der Waals surface area contributed by atoms with Crippen LogP contribution in [-0.2, 0) is 16.6 Å². The Hall–Kier alpha value is -2.63. The Labute approximate surface area is 202 Å². The highest BCUT2D eigenvalue weighted by atomic mass is 16.6. The van der Waals surface area contributed by atoms with Crippen LogP contribution in [0.5, 0.6) is 0 Å². The van der Waals surface area contributed by atoms with Crippen molar-refractivity contribution in [2.24, 2.45) is 0 Å². The van der Waals surface area contributed by atoms with E-state index in [1.54, 1.807) is 6.33 Å². The molecule has 180 valence electrons. The first-order chi connectivity index (χ1) is 16.2. The second-order valence-electron chi connectivity index (χ2n) is 11.9. The Morgan fingerprint density at radius 2 is 1.88 bits per heavy atom. The van der Waals surface area contributed by atoms with Crippen molar-refractivity contribution in [3.63, 3.8) is 0 Å². The number of hydrogen-bond acceptors (Lipinski definition) is 5. The number of rotatable bonds is 2. The van der Waals surface area contributed by atoms with Gasteiger partial charge in [0.1, 0.15) is 17.7 Å². The van der Waals surface area contributed by atoms with Crippen molar-refractivity contribution in [1.82, 2.24) is 14.9 Å². The third kappa shape index (κ3) is 3.66. The van der Waals surface area contributed by atoms with E-state index >= 15 is 0 Å². The number of carbonyl (C=O) groups excluding carboxylic acids is 1. The quantitative estimate of drug-likeness (QED) is 0.565. The normalized spacial score (nSPS) is 23.2. The van der Waals surface area contributed by atoms with E-state index < -0.39 is 5.60 Å². The van der Waals surface area contributed by atoms with Gasteiger partial charge in [0.25, 0.3) is 0 Å². The van der Waals surface area contributed by atoms with Crippen molar-refractivity contribution in [3.05, 3.63) is 46.9 Å². The van der Waals surface area contributed by atoms with Crippen molar-refractivity contribution in [2.75, 3.05) is 24.5 Å². The van der Waals surface area contributed by atoms with Gasteiger partial charge in [0.15, 0.2) is 0 Å². The number of piperidine rings is 1. The molecule has 2 aromatic rings. The van der Waals surface area contributed by atoms with Crippen molar-refractivity contribution in [3.8, 4) is 0 Å². The molecule has 1 spiro atoms. The minimum Gasteiger partial charge on any atom is -0.444 e. The Morgan fingerprint density at radius 1 is 1.12 bits per heavy atom. The van der Waals surface area contributed by atoms with Crippen LogP contribution >= 0.6 is 0 Å². The number of likely N-dealkylation sites (tertiary alicyclic amines) is 1. The molecule has 4 aliphatic rings. The van der Waals surface area contributed by atoms with Gasteiger partial charge in [0, 0.05) is 42.0 Å². The van der Waals surface area contributed by atoms with Crippen molar-refractivity contribution in [1.29, 1.82) is 0 Å². The van der Waals surface area contributed by atoms with Crippen LogP contribution < -0.4 is 4.90 Å². The summed E-state index contributed by atoms with van der Waals surface area (Å²) in [6.07, 6.45) is 8.27. The molecule has 0 bridgehead atoms. The molecule has 1 saturated heterocycles. The fourth-order valence-electron chi connectivity index (χ4n) is 6.26. The van der Waals surface area contributed by atoms with Crippen LogP contribution in [0.1, 0.15) is 94.0 Å². The lowest BCUT2D eigenvalue weighted by Crippen LogP contribution is -2.48. The highest BCUT2D eigenvalue weighted by Gasteiger charge is 2.47. The first-order valence-corrected chi connectivity index (χ1v) is 13.0. The molecule has 2 aliphatic heterocycles. The Kier molecular flexibility index (Phi) is 4.95. The number of nitrogens with zero attached hydrogens (tertiary/aromatic N) is 4. The first kappa shape index (κ1) is 21.9. The third-order valence-corrected chi connectivity index (χ3v) is 8.27. The van der Waals surface area contributed by atoms with E-state index in [-0.39, 0.29) is 11.5 Å². The summed E-state index contributed by atoms with van der Waals surface area (Å²) in [4.78, 5) is 26.6. The number of carbonyl (C=O) groups is 1. The molecule has 1 aromatic heterocycles. The van der Waals surface area contributed by atoms with Crippen LogP contribution in [-0.4, -0.2) is 46.2 Å². The lowest BCUT2D eigenvalue weighted by molar-refractivity contribution is 0.0171. The average molecular weight is 461 g/mol. The maximum Gasteiger partial charge on any atom is 0.410 e. The van der Waals surface area contributed by atoms with Gasteiger partial charge in [0.2, 0.25) is 0 Å². The molecule has 2 aliphatic carbocycles. The molecule has 1 atom stereocenters. The van der Waals surface area contributed by atoms with Gasteiger partial charge in [0.05, 0.1) is 0 Å². The molecule has 1 amide bonds. The Balaban J connectivity index is 1.34. The molecule has 3 heterocycles. The highest BCUT2D eigenvalue weighted by molar-refractivity contribution is 5.75. The van der Waals surface area contributed by atoms with Gasteiger partial charge >= 0.3 is 6.09 Å². The summed E-state index contributed by atoms with van der Waals surface area (Å²) in [5.41, 5.74) is 6.37. The molecule has 0 N–H and O–H groups in total. The largest absolute Gasteiger partial charge is 0.444 e. The summed E-state index contributed by atoms with van der Waals surface area (Å²) < 4.78 is 5.67. The molecular weight excluding hydrogens is 424 g/mol. The minimum absolute atomic E-state index is 0.0401. The second-order valence-corrected chi connectivity index (χ2v) is 11.9. The van der Waals surface area contributed by atoms with Gasteiger partial charge in [-0.1, -0.05) is 19.1 Å². The van der Waals surface area contributed by atoms with E-state index in [2.05, 4.69) is 35.0 Å². The molecule has 1 saturated carbocycles. The lowest BCUT2D eigenvalue weighted by Gasteiger charge is -2.40. The van der Waals surface area contributed by atoms with Gasteiger partial charge in [-0.05, 0) is 88.3 Å². The van der Waals surface area contributed by atoms with Crippen LogP contribution in [0.15, 0.2) is 24.5 Å².